The number of aliphatic hydroxyl groups is 1. The summed E-state index contributed by atoms with van der Waals surface area (Å²) in [5.41, 5.74) is -0.659. The van der Waals surface area contributed by atoms with E-state index in [9.17, 15) is 5.11 Å². The van der Waals surface area contributed by atoms with Crippen molar-refractivity contribution in [2.45, 2.75) is 19.4 Å². The Kier molecular flexibility index (Phi) is 3.77. The summed E-state index contributed by atoms with van der Waals surface area (Å²) in [6, 6.07) is 7.24. The Morgan fingerprint density at radius 3 is 2.67 bits per heavy atom. The largest absolute Gasteiger partial charge is 0.384 e. The van der Waals surface area contributed by atoms with Crippen molar-refractivity contribution in [1.29, 1.82) is 5.26 Å². The molecular weight excluding hydrogens is 277 g/mol. The smallest absolute Gasteiger partial charge is 0.104 e. The Hall–Kier alpha value is -0.560. The van der Waals surface area contributed by atoms with Crippen molar-refractivity contribution < 1.29 is 5.11 Å². The van der Waals surface area contributed by atoms with Gasteiger partial charge in [0.25, 0.3) is 0 Å². The molecule has 0 aliphatic rings. The van der Waals surface area contributed by atoms with Gasteiger partial charge >= 0.3 is 0 Å². The van der Waals surface area contributed by atoms with Crippen LogP contribution in [0, 0.1) is 17.2 Å². The van der Waals surface area contributed by atoms with Crippen LogP contribution in [0.4, 0.5) is 0 Å². The van der Waals surface area contributed by atoms with Gasteiger partial charge in [-0.2, -0.15) is 5.26 Å². The number of rotatable bonds is 2. The number of benzene rings is 1. The van der Waals surface area contributed by atoms with Crippen molar-refractivity contribution in [2.75, 3.05) is 0 Å². The first-order valence-corrected chi connectivity index (χ1v) is 5.64. The Labute approximate surface area is 103 Å². The van der Waals surface area contributed by atoms with Gasteiger partial charge in [-0.1, -0.05) is 33.6 Å². The van der Waals surface area contributed by atoms with E-state index in [-0.39, 0.29) is 0 Å². The van der Waals surface area contributed by atoms with Gasteiger partial charge in [0.1, 0.15) is 5.60 Å². The van der Waals surface area contributed by atoms with Crippen molar-refractivity contribution in [2.24, 2.45) is 5.92 Å². The fourth-order valence-corrected chi connectivity index (χ4v) is 2.12. The number of halogens is 2. The average molecular weight is 289 g/mol. The van der Waals surface area contributed by atoms with Crippen LogP contribution in [0.5, 0.6) is 0 Å². The summed E-state index contributed by atoms with van der Waals surface area (Å²) in [4.78, 5) is 0. The molecule has 4 heteroatoms. The molecule has 15 heavy (non-hydrogen) atoms. The van der Waals surface area contributed by atoms with Gasteiger partial charge in [-0.15, -0.1) is 0 Å². The predicted octanol–water partition coefficient (Wildman–Crippen LogP) is 3.47. The molecule has 0 heterocycles. The second-order valence-corrected chi connectivity index (χ2v) is 4.95. The molecule has 1 rings (SSSR count). The molecule has 0 amide bonds. The van der Waals surface area contributed by atoms with E-state index in [1.54, 1.807) is 32.0 Å². The minimum atomic E-state index is -1.23. The maximum atomic E-state index is 10.2. The van der Waals surface area contributed by atoms with Crippen molar-refractivity contribution >= 4 is 27.5 Å². The molecule has 80 valence electrons. The molecule has 0 bridgehead atoms. The van der Waals surface area contributed by atoms with E-state index in [4.69, 9.17) is 16.9 Å². The summed E-state index contributed by atoms with van der Waals surface area (Å²) in [7, 11) is 0. The molecule has 0 spiro atoms. The fraction of sp³-hybridized carbons (Fsp3) is 0.364. The van der Waals surface area contributed by atoms with Crippen molar-refractivity contribution in [3.63, 3.8) is 0 Å². The summed E-state index contributed by atoms with van der Waals surface area (Å²) in [6.45, 7) is 3.26. The van der Waals surface area contributed by atoms with Gasteiger partial charge in [0.05, 0.1) is 12.0 Å². The van der Waals surface area contributed by atoms with Crippen LogP contribution in [0.25, 0.3) is 0 Å². The van der Waals surface area contributed by atoms with Crippen LogP contribution < -0.4 is 0 Å². The highest BCUT2D eigenvalue weighted by Gasteiger charge is 2.32. The molecule has 0 saturated heterocycles. The Morgan fingerprint density at radius 2 is 2.20 bits per heavy atom. The molecule has 0 aromatic heterocycles. The lowest BCUT2D eigenvalue weighted by atomic mass is 9.85. The molecule has 2 atom stereocenters. The van der Waals surface area contributed by atoms with Crippen LogP contribution in [0.1, 0.15) is 19.4 Å². The third-order valence-corrected chi connectivity index (χ3v) is 3.32. The quantitative estimate of drug-likeness (QED) is 0.905. The first-order chi connectivity index (χ1) is 6.89. The number of nitriles is 1. The Bertz CT molecular complexity index is 412. The van der Waals surface area contributed by atoms with E-state index < -0.39 is 11.5 Å². The number of hydrogen-bond donors (Lipinski definition) is 1. The number of hydrogen-bond acceptors (Lipinski definition) is 2. The molecule has 2 nitrogen and oxygen atoms in total. The zero-order valence-electron chi connectivity index (χ0n) is 8.46. The molecule has 0 radical (unpaired) electrons. The summed E-state index contributed by atoms with van der Waals surface area (Å²) >= 11 is 9.30. The van der Waals surface area contributed by atoms with Crippen LogP contribution in [0.15, 0.2) is 22.7 Å². The lowest BCUT2D eigenvalue weighted by Gasteiger charge is -2.27. The number of nitrogens with zero attached hydrogens (tertiary/aromatic N) is 1. The molecular formula is C11H11BrClNO. The topological polar surface area (TPSA) is 44.0 Å². The molecule has 1 aromatic rings. The molecule has 0 aliphatic carbocycles. The highest BCUT2D eigenvalue weighted by atomic mass is 79.9. The van der Waals surface area contributed by atoms with Gasteiger partial charge in [-0.05, 0) is 26.0 Å². The van der Waals surface area contributed by atoms with Gasteiger partial charge in [-0.3, -0.25) is 0 Å². The maximum Gasteiger partial charge on any atom is 0.104 e. The summed E-state index contributed by atoms with van der Waals surface area (Å²) in [5.74, 6) is -0.517. The van der Waals surface area contributed by atoms with Crippen LogP contribution in [-0.2, 0) is 5.60 Å². The molecule has 1 N–H and O–H groups in total. The highest BCUT2D eigenvalue weighted by molar-refractivity contribution is 9.10. The first kappa shape index (κ1) is 12.5. The van der Waals surface area contributed by atoms with E-state index in [1.807, 2.05) is 6.07 Å². The predicted molar refractivity (Wildman–Crippen MR) is 63.5 cm³/mol. The summed E-state index contributed by atoms with van der Waals surface area (Å²) in [5, 5.41) is 19.5. The molecule has 0 aliphatic heterocycles. The normalized spacial score (nSPS) is 16.5. The molecule has 1 aromatic carbocycles. The zero-order chi connectivity index (χ0) is 11.6. The van der Waals surface area contributed by atoms with E-state index in [0.717, 1.165) is 4.47 Å². The van der Waals surface area contributed by atoms with Gasteiger partial charge in [-0.25, -0.2) is 0 Å². The van der Waals surface area contributed by atoms with E-state index in [2.05, 4.69) is 15.9 Å². The molecule has 0 fully saturated rings. The summed E-state index contributed by atoms with van der Waals surface area (Å²) < 4.78 is 0.844. The van der Waals surface area contributed by atoms with Crippen LogP contribution in [0.2, 0.25) is 5.02 Å². The lowest BCUT2D eigenvalue weighted by molar-refractivity contribution is 0.0233. The van der Waals surface area contributed by atoms with Gasteiger partial charge in [0.15, 0.2) is 0 Å². The minimum Gasteiger partial charge on any atom is -0.384 e. The van der Waals surface area contributed by atoms with Crippen molar-refractivity contribution in [3.8, 4) is 6.07 Å². The van der Waals surface area contributed by atoms with E-state index in [0.29, 0.717) is 10.6 Å². The SMILES string of the molecule is CC(C#N)C(C)(O)c1ccc(Br)cc1Cl. The van der Waals surface area contributed by atoms with E-state index in [1.165, 1.54) is 0 Å². The third-order valence-electron chi connectivity index (χ3n) is 2.51. The lowest BCUT2D eigenvalue weighted by Crippen LogP contribution is -2.29. The second-order valence-electron chi connectivity index (χ2n) is 3.62. The fourth-order valence-electron chi connectivity index (χ4n) is 1.26. The maximum absolute atomic E-state index is 10.2. The van der Waals surface area contributed by atoms with Crippen LogP contribution in [-0.4, -0.2) is 5.11 Å². The van der Waals surface area contributed by atoms with Gasteiger partial charge in [0, 0.05) is 15.1 Å². The van der Waals surface area contributed by atoms with Crippen molar-refractivity contribution in [1.82, 2.24) is 0 Å². The Morgan fingerprint density at radius 1 is 1.60 bits per heavy atom. The molecule has 2 unspecified atom stereocenters. The zero-order valence-corrected chi connectivity index (χ0v) is 10.8. The average Bonchev–Trinajstić information content (AvgIpc) is 2.15. The first-order valence-electron chi connectivity index (χ1n) is 4.47. The van der Waals surface area contributed by atoms with Crippen LogP contribution >= 0.6 is 27.5 Å². The van der Waals surface area contributed by atoms with E-state index >= 15 is 0 Å². The monoisotopic (exact) mass is 287 g/mol. The van der Waals surface area contributed by atoms with Crippen molar-refractivity contribution in [3.05, 3.63) is 33.3 Å². The standard InChI is InChI=1S/C11H11BrClNO/c1-7(6-14)11(2,15)9-4-3-8(12)5-10(9)13/h3-5,7,15H,1-2H3. The van der Waals surface area contributed by atoms with Crippen LogP contribution in [0.3, 0.4) is 0 Å². The Balaban J connectivity index is 3.22. The highest BCUT2D eigenvalue weighted by Crippen LogP contribution is 2.35. The molecule has 0 saturated carbocycles. The minimum absolute atomic E-state index is 0.455. The summed E-state index contributed by atoms with van der Waals surface area (Å²) in [6.07, 6.45) is 0. The van der Waals surface area contributed by atoms with Gasteiger partial charge in [0.2, 0.25) is 0 Å². The van der Waals surface area contributed by atoms with Gasteiger partial charge < -0.3 is 5.11 Å². The second kappa shape index (κ2) is 4.52. The third kappa shape index (κ3) is 2.52.